The lowest BCUT2D eigenvalue weighted by molar-refractivity contribution is 0.302. The van der Waals surface area contributed by atoms with Crippen molar-refractivity contribution in [2.24, 2.45) is 0 Å². The van der Waals surface area contributed by atoms with Gasteiger partial charge in [0.05, 0.1) is 0 Å². The van der Waals surface area contributed by atoms with Crippen LogP contribution in [0.25, 0.3) is 0 Å². The van der Waals surface area contributed by atoms with E-state index in [-0.39, 0.29) is 0 Å². The summed E-state index contributed by atoms with van der Waals surface area (Å²) in [6.07, 6.45) is 7.65. The zero-order valence-corrected chi connectivity index (χ0v) is 12.7. The average Bonchev–Trinajstić information content (AvgIpc) is 2.30. The van der Waals surface area contributed by atoms with Crippen LogP contribution in [0.15, 0.2) is 37.5 Å². The van der Waals surface area contributed by atoms with Gasteiger partial charge in [-0.05, 0) is 28.1 Å². The van der Waals surface area contributed by atoms with Crippen LogP contribution < -0.4 is 0 Å². The van der Waals surface area contributed by atoms with Gasteiger partial charge in [0.2, 0.25) is 0 Å². The second-order valence-electron chi connectivity index (χ2n) is 3.64. The van der Waals surface area contributed by atoms with Crippen molar-refractivity contribution in [3.63, 3.8) is 0 Å². The fourth-order valence-corrected chi connectivity index (χ4v) is 0.799. The third-order valence-electron chi connectivity index (χ3n) is 1.62. The van der Waals surface area contributed by atoms with Gasteiger partial charge in [0.15, 0.2) is 0 Å². The Kier molecular flexibility index (Phi) is 25.9. The van der Waals surface area contributed by atoms with Crippen LogP contribution >= 0.6 is 0 Å². The lowest BCUT2D eigenvalue weighted by Gasteiger charge is -2.17. The van der Waals surface area contributed by atoms with Crippen LogP contribution in [0.1, 0.15) is 20.8 Å². The van der Waals surface area contributed by atoms with Crippen molar-refractivity contribution in [1.82, 2.24) is 9.80 Å². The second kappa shape index (κ2) is 20.5. The standard InChI is InChI=1S/C10H20N2.C3H6.C2H6/c1-5-6-7-8-12(4)10-9-11(2)3;1-3-2;1-2/h5-7H,1,8-10H2,2-4H3;3H,1H2,2H3;1-2H3/b7-6+;;. The first-order valence-electron chi connectivity index (χ1n) is 6.26. The molecule has 0 aromatic rings. The molecule has 17 heavy (non-hydrogen) atoms. The van der Waals surface area contributed by atoms with Gasteiger partial charge in [-0.15, -0.1) is 6.58 Å². The van der Waals surface area contributed by atoms with Crippen LogP contribution in [0.5, 0.6) is 0 Å². The minimum absolute atomic E-state index is 1.000. The van der Waals surface area contributed by atoms with E-state index in [9.17, 15) is 0 Å². The Morgan fingerprint density at radius 1 is 1.00 bits per heavy atom. The van der Waals surface area contributed by atoms with Gasteiger partial charge in [0, 0.05) is 19.6 Å². The normalized spacial score (nSPS) is 9.41. The third-order valence-corrected chi connectivity index (χ3v) is 1.62. The fourth-order valence-electron chi connectivity index (χ4n) is 0.799. The Morgan fingerprint density at radius 2 is 1.47 bits per heavy atom. The van der Waals surface area contributed by atoms with Gasteiger partial charge in [0.25, 0.3) is 0 Å². The summed E-state index contributed by atoms with van der Waals surface area (Å²) < 4.78 is 0. The van der Waals surface area contributed by atoms with E-state index in [1.807, 2.05) is 26.8 Å². The molecular weight excluding hydrogens is 208 g/mol. The molecule has 0 aromatic carbocycles. The zero-order valence-electron chi connectivity index (χ0n) is 12.7. The predicted octanol–water partition coefficient (Wildman–Crippen LogP) is 3.44. The van der Waals surface area contributed by atoms with E-state index in [1.54, 1.807) is 12.2 Å². The van der Waals surface area contributed by atoms with Crippen molar-refractivity contribution in [1.29, 1.82) is 0 Å². The topological polar surface area (TPSA) is 6.48 Å². The fraction of sp³-hybridized carbons (Fsp3) is 0.600. The van der Waals surface area contributed by atoms with E-state index in [2.05, 4.69) is 50.2 Å². The molecular formula is C15H32N2. The molecule has 0 aromatic heterocycles. The van der Waals surface area contributed by atoms with Gasteiger partial charge in [0.1, 0.15) is 0 Å². The van der Waals surface area contributed by atoms with Crippen molar-refractivity contribution >= 4 is 0 Å². The van der Waals surface area contributed by atoms with Crippen molar-refractivity contribution in [3.8, 4) is 0 Å². The SMILES string of the molecule is C=C/C=C/CN(C)CCN(C)C.C=CC.CC. The number of hydrogen-bond donors (Lipinski definition) is 0. The number of hydrogen-bond acceptors (Lipinski definition) is 2. The summed E-state index contributed by atoms with van der Waals surface area (Å²) >= 11 is 0. The molecule has 0 amide bonds. The highest BCUT2D eigenvalue weighted by Crippen LogP contribution is 1.85. The lowest BCUT2D eigenvalue weighted by Crippen LogP contribution is -2.28. The van der Waals surface area contributed by atoms with Gasteiger partial charge >= 0.3 is 0 Å². The molecule has 0 rings (SSSR count). The molecule has 2 nitrogen and oxygen atoms in total. The maximum Gasteiger partial charge on any atom is 0.0163 e. The van der Waals surface area contributed by atoms with E-state index in [0.29, 0.717) is 0 Å². The Bertz CT molecular complexity index is 172. The number of likely N-dealkylation sites (N-methyl/N-ethyl adjacent to an activating group) is 2. The van der Waals surface area contributed by atoms with Gasteiger partial charge in [-0.2, -0.15) is 0 Å². The molecule has 0 unspecified atom stereocenters. The van der Waals surface area contributed by atoms with Gasteiger partial charge < -0.3 is 9.80 Å². The molecule has 0 aliphatic heterocycles. The zero-order chi connectivity index (χ0) is 14.1. The molecule has 0 aliphatic rings. The highest BCUT2D eigenvalue weighted by molar-refractivity contribution is 4.98. The van der Waals surface area contributed by atoms with E-state index in [0.717, 1.165) is 19.6 Å². The van der Waals surface area contributed by atoms with Crippen molar-refractivity contribution < 1.29 is 0 Å². The summed E-state index contributed by atoms with van der Waals surface area (Å²) in [6.45, 7) is 16.1. The molecule has 2 heteroatoms. The van der Waals surface area contributed by atoms with Crippen LogP contribution in [0.2, 0.25) is 0 Å². The average molecular weight is 240 g/mol. The molecule has 0 N–H and O–H groups in total. The first-order chi connectivity index (χ1) is 8.08. The molecule has 0 spiro atoms. The first kappa shape index (κ1) is 21.4. The van der Waals surface area contributed by atoms with E-state index in [4.69, 9.17) is 0 Å². The molecule has 0 radical (unpaired) electrons. The van der Waals surface area contributed by atoms with Gasteiger partial charge in [-0.25, -0.2) is 0 Å². The van der Waals surface area contributed by atoms with Crippen LogP contribution in [-0.2, 0) is 0 Å². The maximum atomic E-state index is 3.62. The Morgan fingerprint density at radius 3 is 1.82 bits per heavy atom. The van der Waals surface area contributed by atoms with Gasteiger partial charge in [-0.1, -0.05) is 44.7 Å². The third kappa shape index (κ3) is 31.3. The lowest BCUT2D eigenvalue weighted by atomic mass is 10.4. The van der Waals surface area contributed by atoms with Crippen LogP contribution in [0.3, 0.4) is 0 Å². The summed E-state index contributed by atoms with van der Waals surface area (Å²) in [4.78, 5) is 4.47. The van der Waals surface area contributed by atoms with Crippen molar-refractivity contribution in [2.45, 2.75) is 20.8 Å². The number of rotatable bonds is 6. The molecule has 0 saturated heterocycles. The van der Waals surface area contributed by atoms with E-state index in [1.165, 1.54) is 0 Å². The Hall–Kier alpha value is -0.860. The minimum atomic E-state index is 1.000. The molecule has 0 saturated carbocycles. The smallest absolute Gasteiger partial charge is 0.0163 e. The van der Waals surface area contributed by atoms with Crippen LogP contribution in [0, 0.1) is 0 Å². The number of allylic oxidation sites excluding steroid dienone is 3. The quantitative estimate of drug-likeness (QED) is 0.518. The molecule has 0 fully saturated rings. The molecule has 0 atom stereocenters. The molecule has 0 heterocycles. The van der Waals surface area contributed by atoms with Crippen molar-refractivity contribution in [3.05, 3.63) is 37.5 Å². The molecule has 0 aliphatic carbocycles. The highest BCUT2D eigenvalue weighted by Gasteiger charge is 1.95. The Balaban J connectivity index is -0.000000337. The molecule has 0 bridgehead atoms. The summed E-state index contributed by atoms with van der Waals surface area (Å²) in [6, 6.07) is 0. The predicted molar refractivity (Wildman–Crippen MR) is 82.6 cm³/mol. The van der Waals surface area contributed by atoms with E-state index < -0.39 is 0 Å². The maximum absolute atomic E-state index is 3.62. The largest absolute Gasteiger partial charge is 0.308 e. The molecule has 102 valence electrons. The number of nitrogens with zero attached hydrogens (tertiary/aromatic N) is 2. The summed E-state index contributed by atoms with van der Waals surface area (Å²) in [7, 11) is 6.30. The van der Waals surface area contributed by atoms with Gasteiger partial charge in [-0.3, -0.25) is 0 Å². The Labute approximate surface area is 109 Å². The van der Waals surface area contributed by atoms with Crippen LogP contribution in [-0.4, -0.2) is 50.6 Å². The summed E-state index contributed by atoms with van der Waals surface area (Å²) in [5.74, 6) is 0. The monoisotopic (exact) mass is 240 g/mol. The summed E-state index contributed by atoms with van der Waals surface area (Å²) in [5.41, 5.74) is 0. The van der Waals surface area contributed by atoms with Crippen LogP contribution in [0.4, 0.5) is 0 Å². The minimum Gasteiger partial charge on any atom is -0.308 e. The van der Waals surface area contributed by atoms with E-state index >= 15 is 0 Å². The summed E-state index contributed by atoms with van der Waals surface area (Å²) in [5, 5.41) is 0. The second-order valence-corrected chi connectivity index (χ2v) is 3.64. The first-order valence-corrected chi connectivity index (χ1v) is 6.26. The van der Waals surface area contributed by atoms with Crippen molar-refractivity contribution in [2.75, 3.05) is 40.8 Å². The highest BCUT2D eigenvalue weighted by atomic mass is 15.1.